The van der Waals surface area contributed by atoms with Crippen LogP contribution in [0.1, 0.15) is 28.8 Å². The third kappa shape index (κ3) is 3.64. The first-order chi connectivity index (χ1) is 14.0. The molecule has 1 atom stereocenters. The molecule has 29 heavy (non-hydrogen) atoms. The highest BCUT2D eigenvalue weighted by Crippen LogP contribution is 2.32. The fourth-order valence-electron chi connectivity index (χ4n) is 3.84. The zero-order valence-electron chi connectivity index (χ0n) is 15.9. The van der Waals surface area contributed by atoms with Crippen molar-refractivity contribution in [2.75, 3.05) is 19.8 Å². The van der Waals surface area contributed by atoms with Gasteiger partial charge in [-0.1, -0.05) is 18.2 Å². The van der Waals surface area contributed by atoms with E-state index in [0.717, 1.165) is 17.0 Å². The van der Waals surface area contributed by atoms with Crippen LogP contribution in [0.5, 0.6) is 0 Å². The van der Waals surface area contributed by atoms with Crippen LogP contribution in [0, 0.1) is 0 Å². The number of hydrogen-bond donors (Lipinski definition) is 4. The summed E-state index contributed by atoms with van der Waals surface area (Å²) >= 11 is 0. The molecule has 0 bridgehead atoms. The molecule has 0 aromatic heterocycles. The van der Waals surface area contributed by atoms with Crippen LogP contribution < -0.4 is 16.4 Å². The largest absolute Gasteiger partial charge is 0.394 e. The van der Waals surface area contributed by atoms with Gasteiger partial charge >= 0.3 is 0 Å². The van der Waals surface area contributed by atoms with Crippen LogP contribution in [0.4, 0.5) is 0 Å². The van der Waals surface area contributed by atoms with Crippen LogP contribution >= 0.6 is 0 Å². The third-order valence-corrected chi connectivity index (χ3v) is 5.53. The number of carbonyl (C=O) groups is 2. The van der Waals surface area contributed by atoms with Crippen molar-refractivity contribution < 1.29 is 19.4 Å². The summed E-state index contributed by atoms with van der Waals surface area (Å²) in [5, 5.41) is 16.2. The van der Waals surface area contributed by atoms with Gasteiger partial charge in [0, 0.05) is 30.5 Å². The van der Waals surface area contributed by atoms with Crippen molar-refractivity contribution in [2.24, 2.45) is 5.73 Å². The summed E-state index contributed by atoms with van der Waals surface area (Å²) in [6.45, 7) is 0.859. The number of amides is 2. The number of aliphatic hydroxyl groups is 1. The van der Waals surface area contributed by atoms with Gasteiger partial charge in [0.25, 0.3) is 5.91 Å². The molecule has 8 nitrogen and oxygen atoms in total. The van der Waals surface area contributed by atoms with Crippen LogP contribution in [0.15, 0.2) is 54.4 Å². The molecule has 0 radical (unpaired) electrons. The molecule has 3 aliphatic heterocycles. The van der Waals surface area contributed by atoms with Gasteiger partial charge in [-0.2, -0.15) is 0 Å². The van der Waals surface area contributed by atoms with Crippen molar-refractivity contribution in [1.82, 2.24) is 15.5 Å². The number of carbonyl (C=O) groups excluding carboxylic acids is 2. The minimum absolute atomic E-state index is 0.141. The molecule has 0 spiro atoms. The first-order valence-electron chi connectivity index (χ1n) is 9.58. The molecule has 3 heterocycles. The van der Waals surface area contributed by atoms with E-state index in [-0.39, 0.29) is 12.5 Å². The minimum atomic E-state index is -0.679. The van der Waals surface area contributed by atoms with E-state index in [1.807, 2.05) is 35.4 Å². The number of nitrogens with zero attached hydrogens (tertiary/aromatic N) is 1. The molecule has 4 rings (SSSR count). The highest BCUT2D eigenvalue weighted by Gasteiger charge is 2.40. The summed E-state index contributed by atoms with van der Waals surface area (Å²) in [6, 6.07) is 6.98. The number of allylic oxidation sites excluding steroid dienone is 3. The smallest absolute Gasteiger partial charge is 0.264 e. The molecule has 0 aliphatic carbocycles. The summed E-state index contributed by atoms with van der Waals surface area (Å²) in [5.74, 6) is -0.746. The molecule has 8 heteroatoms. The quantitative estimate of drug-likeness (QED) is 0.573. The Balaban J connectivity index is 1.61. The van der Waals surface area contributed by atoms with Crippen molar-refractivity contribution in [1.29, 1.82) is 0 Å². The summed E-state index contributed by atoms with van der Waals surface area (Å²) in [4.78, 5) is 26.6. The molecule has 0 saturated carbocycles. The van der Waals surface area contributed by atoms with Gasteiger partial charge < -0.3 is 31.1 Å². The summed E-state index contributed by atoms with van der Waals surface area (Å²) in [7, 11) is 0. The lowest BCUT2D eigenvalue weighted by atomic mass is 9.91. The van der Waals surface area contributed by atoms with Gasteiger partial charge in [0.05, 0.1) is 23.5 Å². The zero-order chi connectivity index (χ0) is 20.4. The number of fused-ring (bicyclic) bond motifs is 1. The van der Waals surface area contributed by atoms with Crippen molar-refractivity contribution in [3.05, 3.63) is 65.5 Å². The average molecular weight is 396 g/mol. The van der Waals surface area contributed by atoms with Crippen molar-refractivity contribution in [2.45, 2.75) is 24.5 Å². The predicted molar refractivity (Wildman–Crippen MR) is 107 cm³/mol. The number of benzene rings is 1. The molecular formula is C21H24N4O4. The molecule has 152 valence electrons. The maximum Gasteiger partial charge on any atom is 0.264 e. The average Bonchev–Trinajstić information content (AvgIpc) is 3.14. The second-order valence-corrected chi connectivity index (χ2v) is 7.40. The second kappa shape index (κ2) is 7.73. The Labute approximate surface area is 168 Å². The lowest BCUT2D eigenvalue weighted by Crippen LogP contribution is -2.60. The molecule has 1 saturated heterocycles. The Morgan fingerprint density at radius 2 is 2.10 bits per heavy atom. The van der Waals surface area contributed by atoms with Crippen molar-refractivity contribution in [3.8, 4) is 0 Å². The zero-order valence-corrected chi connectivity index (χ0v) is 15.9. The number of ether oxygens (including phenoxy) is 1. The fraction of sp³-hybridized carbons (Fsp3) is 0.333. The van der Waals surface area contributed by atoms with E-state index in [1.54, 1.807) is 18.2 Å². The lowest BCUT2D eigenvalue weighted by molar-refractivity contribution is -0.129. The van der Waals surface area contributed by atoms with Crippen LogP contribution in [0.3, 0.4) is 0 Å². The van der Waals surface area contributed by atoms with Gasteiger partial charge in [0.1, 0.15) is 0 Å². The number of rotatable bonds is 5. The van der Waals surface area contributed by atoms with Gasteiger partial charge in [-0.25, -0.2) is 0 Å². The molecule has 5 N–H and O–H groups in total. The summed E-state index contributed by atoms with van der Waals surface area (Å²) in [6.07, 6.45) is 7.92. The molecule has 2 amide bonds. The van der Waals surface area contributed by atoms with Gasteiger partial charge in [-0.15, -0.1) is 0 Å². The Morgan fingerprint density at radius 3 is 2.83 bits per heavy atom. The standard InChI is InChI=1S/C21H24N4O4/c22-18(27)15-5-3-4-14(12-15)17-16-6-1-2-9-25(16)19(23-17)20(28)24-21(13-26)7-10-29-11-8-21/h1-6,9,12,19,23,26H,7-8,10-11,13H2,(H2,22,27)(H,24,28). The molecule has 1 aromatic carbocycles. The molecular weight excluding hydrogens is 372 g/mol. The van der Waals surface area contributed by atoms with E-state index in [4.69, 9.17) is 10.5 Å². The van der Waals surface area contributed by atoms with Gasteiger partial charge in [0.15, 0.2) is 6.17 Å². The topological polar surface area (TPSA) is 117 Å². The highest BCUT2D eigenvalue weighted by atomic mass is 16.5. The summed E-state index contributed by atoms with van der Waals surface area (Å²) in [5.41, 5.74) is 7.45. The normalized spacial score (nSPS) is 22.2. The fourth-order valence-corrected chi connectivity index (χ4v) is 3.84. The maximum atomic E-state index is 13.2. The van der Waals surface area contributed by atoms with E-state index in [9.17, 15) is 14.7 Å². The van der Waals surface area contributed by atoms with Gasteiger partial charge in [-0.3, -0.25) is 9.59 Å². The Kier molecular flexibility index (Phi) is 5.12. The first-order valence-corrected chi connectivity index (χ1v) is 9.58. The SMILES string of the molecule is NC(=O)c1cccc(C2=C3C=CC=CN3C(C(=O)NC3(CO)CCOCC3)N2)c1. The summed E-state index contributed by atoms with van der Waals surface area (Å²) < 4.78 is 5.37. The van der Waals surface area contributed by atoms with Crippen LogP contribution in [0.25, 0.3) is 5.70 Å². The maximum absolute atomic E-state index is 13.2. The van der Waals surface area contributed by atoms with Crippen LogP contribution in [-0.2, 0) is 9.53 Å². The van der Waals surface area contributed by atoms with Crippen LogP contribution in [0.2, 0.25) is 0 Å². The van der Waals surface area contributed by atoms with E-state index in [1.165, 1.54) is 0 Å². The lowest BCUT2D eigenvalue weighted by Gasteiger charge is -2.38. The second-order valence-electron chi connectivity index (χ2n) is 7.40. The van der Waals surface area contributed by atoms with E-state index < -0.39 is 17.6 Å². The van der Waals surface area contributed by atoms with E-state index in [0.29, 0.717) is 31.6 Å². The van der Waals surface area contributed by atoms with Gasteiger partial charge in [-0.05, 0) is 37.1 Å². The highest BCUT2D eigenvalue weighted by molar-refractivity contribution is 5.94. The number of primary amides is 1. The molecule has 3 aliphatic rings. The number of nitrogens with two attached hydrogens (primary N) is 1. The Hall–Kier alpha value is -3.10. The molecule has 1 unspecified atom stereocenters. The number of aliphatic hydroxyl groups excluding tert-OH is 1. The molecule has 1 aromatic rings. The predicted octanol–water partition coefficient (Wildman–Crippen LogP) is 0.427. The Bertz CT molecular complexity index is 915. The van der Waals surface area contributed by atoms with E-state index >= 15 is 0 Å². The number of nitrogens with one attached hydrogen (secondary N) is 2. The molecule has 1 fully saturated rings. The van der Waals surface area contributed by atoms with Gasteiger partial charge in [0.2, 0.25) is 5.91 Å². The number of hydrogen-bond acceptors (Lipinski definition) is 6. The Morgan fingerprint density at radius 1 is 1.31 bits per heavy atom. The van der Waals surface area contributed by atoms with Crippen molar-refractivity contribution in [3.63, 3.8) is 0 Å². The monoisotopic (exact) mass is 396 g/mol. The minimum Gasteiger partial charge on any atom is -0.394 e. The van der Waals surface area contributed by atoms with Crippen LogP contribution in [-0.4, -0.2) is 53.3 Å². The van der Waals surface area contributed by atoms with Crippen molar-refractivity contribution >= 4 is 17.5 Å². The first kappa shape index (κ1) is 19.2. The third-order valence-electron chi connectivity index (χ3n) is 5.53. The van der Waals surface area contributed by atoms with E-state index in [2.05, 4.69) is 10.6 Å².